The van der Waals surface area contributed by atoms with E-state index in [2.05, 4.69) is 20.1 Å². The number of aliphatic hydroxyl groups excluding tert-OH is 1. The molecule has 1 saturated heterocycles. The van der Waals surface area contributed by atoms with Gasteiger partial charge in [-0.15, -0.1) is 0 Å². The monoisotopic (exact) mass is 554 g/mol. The van der Waals surface area contributed by atoms with Crippen molar-refractivity contribution in [3.05, 3.63) is 71.8 Å². The molecule has 0 aromatic heterocycles. The third kappa shape index (κ3) is 6.75. The first-order valence-corrected chi connectivity index (χ1v) is 12.4. The van der Waals surface area contributed by atoms with E-state index < -0.39 is 46.3 Å². The highest BCUT2D eigenvalue weighted by molar-refractivity contribution is 9.09. The summed E-state index contributed by atoms with van der Waals surface area (Å²) >= 11 is 3.27. The lowest BCUT2D eigenvalue weighted by Gasteiger charge is -2.28. The van der Waals surface area contributed by atoms with Crippen LogP contribution in [-0.2, 0) is 41.7 Å². The molecule has 0 unspecified atom stereocenters. The standard InChI is InChI=1S/C21H22BrF3O7S/c22-11-16(29-12-14-7-3-1-4-8-14)17-18(30-13-15-9-5-2-6-10-15)19(20(26)31-17)32-33(27,28)21(23,24)25/h1-10,16-20,26H,11-13H2/t16-,17-,18+,19-,20-/m1/s1. The summed E-state index contributed by atoms with van der Waals surface area (Å²) < 4.78 is 83.3. The van der Waals surface area contributed by atoms with E-state index in [1.54, 1.807) is 30.3 Å². The highest BCUT2D eigenvalue weighted by Gasteiger charge is 2.56. The normalized spacial score (nSPS) is 24.6. The van der Waals surface area contributed by atoms with Crippen LogP contribution < -0.4 is 0 Å². The second-order valence-electron chi connectivity index (χ2n) is 7.20. The molecule has 1 aliphatic heterocycles. The lowest BCUT2D eigenvalue weighted by molar-refractivity contribution is -0.152. The molecule has 12 heteroatoms. The van der Waals surface area contributed by atoms with Crippen LogP contribution in [0.1, 0.15) is 11.1 Å². The maximum atomic E-state index is 12.9. The van der Waals surface area contributed by atoms with E-state index in [9.17, 15) is 26.7 Å². The lowest BCUT2D eigenvalue weighted by Crippen LogP contribution is -2.45. The van der Waals surface area contributed by atoms with Crippen molar-refractivity contribution in [2.24, 2.45) is 0 Å². The van der Waals surface area contributed by atoms with Gasteiger partial charge in [-0.05, 0) is 11.1 Å². The van der Waals surface area contributed by atoms with Crippen LogP contribution in [0.2, 0.25) is 0 Å². The molecule has 5 atom stereocenters. The molecule has 0 aliphatic carbocycles. The Kier molecular flexibility index (Phi) is 8.89. The zero-order valence-corrected chi connectivity index (χ0v) is 19.5. The van der Waals surface area contributed by atoms with Gasteiger partial charge in [0.2, 0.25) is 0 Å². The summed E-state index contributed by atoms with van der Waals surface area (Å²) in [4.78, 5) is 0. The number of halogens is 4. The van der Waals surface area contributed by atoms with Crippen LogP contribution in [0.5, 0.6) is 0 Å². The van der Waals surface area contributed by atoms with Gasteiger partial charge in [-0.1, -0.05) is 76.6 Å². The third-order valence-corrected chi connectivity index (χ3v) is 6.54. The van der Waals surface area contributed by atoms with Gasteiger partial charge in [0.05, 0.1) is 19.3 Å². The molecular formula is C21H22BrF3O7S. The Morgan fingerprint density at radius 3 is 2.03 bits per heavy atom. The number of benzene rings is 2. The van der Waals surface area contributed by atoms with E-state index in [0.717, 1.165) is 5.56 Å². The second-order valence-corrected chi connectivity index (χ2v) is 9.41. The molecule has 1 aliphatic rings. The van der Waals surface area contributed by atoms with Crippen molar-refractivity contribution in [3.8, 4) is 0 Å². The van der Waals surface area contributed by atoms with Crippen molar-refractivity contribution in [1.82, 2.24) is 0 Å². The predicted octanol–water partition coefficient (Wildman–Crippen LogP) is 3.50. The Bertz CT molecular complexity index is 976. The summed E-state index contributed by atoms with van der Waals surface area (Å²) in [6, 6.07) is 17.8. The molecule has 33 heavy (non-hydrogen) atoms. The van der Waals surface area contributed by atoms with Crippen molar-refractivity contribution in [2.75, 3.05) is 5.33 Å². The first-order chi connectivity index (χ1) is 15.6. The first kappa shape index (κ1) is 26.1. The summed E-state index contributed by atoms with van der Waals surface area (Å²) in [5.41, 5.74) is -4.17. The van der Waals surface area contributed by atoms with Gasteiger partial charge in [-0.2, -0.15) is 21.6 Å². The second kappa shape index (κ2) is 11.3. The van der Waals surface area contributed by atoms with Gasteiger partial charge in [0.15, 0.2) is 12.4 Å². The molecule has 1 heterocycles. The molecule has 0 spiro atoms. The summed E-state index contributed by atoms with van der Waals surface area (Å²) in [7, 11) is -6.01. The number of aliphatic hydroxyl groups is 1. The third-order valence-electron chi connectivity index (χ3n) is 4.86. The molecular weight excluding hydrogens is 533 g/mol. The van der Waals surface area contributed by atoms with Crippen LogP contribution in [0, 0.1) is 0 Å². The average Bonchev–Trinajstić information content (AvgIpc) is 3.08. The number of rotatable bonds is 10. The minimum Gasteiger partial charge on any atom is -0.370 e. The number of alkyl halides is 4. The fourth-order valence-corrected chi connectivity index (χ4v) is 4.39. The molecule has 0 saturated carbocycles. The maximum Gasteiger partial charge on any atom is 0.523 e. The minimum absolute atomic E-state index is 0.0856. The average molecular weight is 555 g/mol. The molecule has 182 valence electrons. The summed E-state index contributed by atoms with van der Waals surface area (Å²) in [6.45, 7) is 0.0581. The molecule has 1 N–H and O–H groups in total. The number of ether oxygens (including phenoxy) is 3. The fraction of sp³-hybridized carbons (Fsp3) is 0.429. The van der Waals surface area contributed by atoms with Crippen LogP contribution in [0.25, 0.3) is 0 Å². The van der Waals surface area contributed by atoms with Gasteiger partial charge in [0, 0.05) is 5.33 Å². The van der Waals surface area contributed by atoms with Crippen LogP contribution >= 0.6 is 15.9 Å². The Hall–Kier alpha value is -1.54. The Morgan fingerprint density at radius 2 is 1.52 bits per heavy atom. The van der Waals surface area contributed by atoms with Crippen molar-refractivity contribution in [2.45, 2.75) is 49.4 Å². The molecule has 7 nitrogen and oxygen atoms in total. The van der Waals surface area contributed by atoms with E-state index in [1.165, 1.54) is 0 Å². The van der Waals surface area contributed by atoms with Crippen molar-refractivity contribution in [1.29, 1.82) is 0 Å². The molecule has 2 aromatic carbocycles. The zero-order valence-electron chi connectivity index (χ0n) is 17.1. The SMILES string of the molecule is O=S(=O)(O[C@@H]1[C@@H](OCc2ccccc2)[C@@H]([C@@H](CBr)OCc2ccccc2)O[C@H]1O)C(F)(F)F. The van der Waals surface area contributed by atoms with E-state index in [4.69, 9.17) is 14.2 Å². The predicted molar refractivity (Wildman–Crippen MR) is 115 cm³/mol. The van der Waals surface area contributed by atoms with Gasteiger partial charge in [-0.3, -0.25) is 4.18 Å². The Morgan fingerprint density at radius 1 is 0.970 bits per heavy atom. The van der Waals surface area contributed by atoms with Gasteiger partial charge in [0.1, 0.15) is 12.2 Å². The Labute approximate surface area is 197 Å². The summed E-state index contributed by atoms with van der Waals surface area (Å²) in [6.07, 6.45) is -7.25. The Balaban J connectivity index is 1.81. The highest BCUT2D eigenvalue weighted by atomic mass is 79.9. The number of hydrogen-bond acceptors (Lipinski definition) is 7. The van der Waals surface area contributed by atoms with E-state index in [-0.39, 0.29) is 18.5 Å². The van der Waals surface area contributed by atoms with Gasteiger partial charge in [-0.25, -0.2) is 0 Å². The summed E-state index contributed by atoms with van der Waals surface area (Å²) in [5, 5.41) is 10.4. The smallest absolute Gasteiger partial charge is 0.370 e. The van der Waals surface area contributed by atoms with Crippen molar-refractivity contribution < 1.29 is 45.1 Å². The molecule has 1 fully saturated rings. The molecule has 3 rings (SSSR count). The quantitative estimate of drug-likeness (QED) is 0.273. The molecule has 0 radical (unpaired) electrons. The van der Waals surface area contributed by atoms with Gasteiger partial charge >= 0.3 is 15.6 Å². The number of hydrogen-bond donors (Lipinski definition) is 1. The molecule has 0 bridgehead atoms. The fourth-order valence-electron chi connectivity index (χ4n) is 3.23. The lowest BCUT2D eigenvalue weighted by atomic mass is 10.1. The largest absolute Gasteiger partial charge is 0.523 e. The van der Waals surface area contributed by atoms with E-state index in [1.807, 2.05) is 30.3 Å². The first-order valence-electron chi connectivity index (χ1n) is 9.82. The van der Waals surface area contributed by atoms with Crippen LogP contribution in [-0.4, -0.2) is 55.1 Å². The summed E-state index contributed by atoms with van der Waals surface area (Å²) in [5.74, 6) is 0. The van der Waals surface area contributed by atoms with Gasteiger partial charge < -0.3 is 19.3 Å². The van der Waals surface area contributed by atoms with Crippen molar-refractivity contribution >= 4 is 26.0 Å². The van der Waals surface area contributed by atoms with Crippen molar-refractivity contribution in [3.63, 3.8) is 0 Å². The topological polar surface area (TPSA) is 91.3 Å². The zero-order chi connectivity index (χ0) is 24.1. The van der Waals surface area contributed by atoms with E-state index >= 15 is 0 Å². The van der Waals surface area contributed by atoms with Crippen LogP contribution in [0.3, 0.4) is 0 Å². The highest BCUT2D eigenvalue weighted by Crippen LogP contribution is 2.34. The minimum atomic E-state index is -6.01. The maximum absolute atomic E-state index is 12.9. The molecule has 2 aromatic rings. The van der Waals surface area contributed by atoms with Crippen LogP contribution in [0.4, 0.5) is 13.2 Å². The van der Waals surface area contributed by atoms with E-state index in [0.29, 0.717) is 5.56 Å². The van der Waals surface area contributed by atoms with Gasteiger partial charge in [0.25, 0.3) is 0 Å². The molecule has 0 amide bonds. The van der Waals surface area contributed by atoms with Crippen LogP contribution in [0.15, 0.2) is 60.7 Å².